The molecule has 1 aromatic rings. The van der Waals surface area contributed by atoms with Gasteiger partial charge in [0.05, 0.1) is 18.6 Å². The molecule has 0 aliphatic rings. The molecule has 17 heavy (non-hydrogen) atoms. The maximum atomic E-state index is 11.6. The molecule has 0 spiro atoms. The van der Waals surface area contributed by atoms with Gasteiger partial charge in [0.2, 0.25) is 0 Å². The predicted molar refractivity (Wildman–Crippen MR) is 66.6 cm³/mol. The van der Waals surface area contributed by atoms with Gasteiger partial charge in [-0.1, -0.05) is 37.3 Å². The first-order valence-electron chi connectivity index (χ1n) is 6.07. The van der Waals surface area contributed by atoms with Crippen LogP contribution in [0, 0.1) is 5.92 Å². The topological polar surface area (TPSA) is 46.5 Å². The average Bonchev–Trinajstić information content (AvgIpc) is 2.31. The van der Waals surface area contributed by atoms with Crippen LogP contribution in [0.4, 0.5) is 0 Å². The number of carbonyl (C=O) groups excluding carboxylic acids is 1. The van der Waals surface area contributed by atoms with Crippen molar-refractivity contribution in [2.45, 2.75) is 32.8 Å². The van der Waals surface area contributed by atoms with Crippen molar-refractivity contribution in [1.82, 2.24) is 0 Å². The molecule has 1 aromatic carbocycles. The van der Waals surface area contributed by atoms with Crippen molar-refractivity contribution in [1.29, 1.82) is 0 Å². The van der Waals surface area contributed by atoms with Crippen LogP contribution in [0.2, 0.25) is 0 Å². The molecule has 0 aliphatic heterocycles. The summed E-state index contributed by atoms with van der Waals surface area (Å²) in [6, 6.07) is 9.67. The Morgan fingerprint density at radius 1 is 1.29 bits per heavy atom. The molecule has 0 aromatic heterocycles. The molecule has 0 fully saturated rings. The molecule has 3 nitrogen and oxygen atoms in total. The second-order valence-electron chi connectivity index (χ2n) is 4.02. The number of aliphatic hydroxyl groups is 1. The van der Waals surface area contributed by atoms with Crippen molar-refractivity contribution in [3.05, 3.63) is 35.9 Å². The maximum Gasteiger partial charge on any atom is 0.311 e. The van der Waals surface area contributed by atoms with Gasteiger partial charge in [-0.15, -0.1) is 0 Å². The van der Waals surface area contributed by atoms with Gasteiger partial charge >= 0.3 is 5.97 Å². The predicted octanol–water partition coefficient (Wildman–Crippen LogP) is 2.18. The van der Waals surface area contributed by atoms with Crippen LogP contribution in [0.3, 0.4) is 0 Å². The van der Waals surface area contributed by atoms with Crippen molar-refractivity contribution in [3.63, 3.8) is 0 Å². The van der Waals surface area contributed by atoms with Gasteiger partial charge in [-0.2, -0.15) is 0 Å². The molecule has 0 radical (unpaired) electrons. The van der Waals surface area contributed by atoms with E-state index in [0.29, 0.717) is 19.4 Å². The highest BCUT2D eigenvalue weighted by Crippen LogP contribution is 2.15. The fourth-order valence-corrected chi connectivity index (χ4v) is 1.84. The van der Waals surface area contributed by atoms with Crippen molar-refractivity contribution in [2.24, 2.45) is 5.92 Å². The van der Waals surface area contributed by atoms with E-state index in [9.17, 15) is 9.90 Å². The van der Waals surface area contributed by atoms with E-state index in [1.807, 2.05) is 37.3 Å². The average molecular weight is 236 g/mol. The van der Waals surface area contributed by atoms with E-state index in [0.717, 1.165) is 5.56 Å². The van der Waals surface area contributed by atoms with E-state index in [4.69, 9.17) is 4.74 Å². The molecule has 0 amide bonds. The number of esters is 1. The van der Waals surface area contributed by atoms with Gasteiger partial charge in [0.1, 0.15) is 0 Å². The Hall–Kier alpha value is -1.35. The molecule has 1 N–H and O–H groups in total. The SMILES string of the molecule is CCOC(=O)C(CC)C(O)Cc1ccccc1. The Kier molecular flexibility index (Phi) is 5.70. The van der Waals surface area contributed by atoms with Gasteiger partial charge in [-0.05, 0) is 25.3 Å². The highest BCUT2D eigenvalue weighted by Gasteiger charge is 2.26. The molecule has 0 aliphatic carbocycles. The van der Waals surface area contributed by atoms with Crippen LogP contribution in [-0.4, -0.2) is 23.8 Å². The Bertz CT molecular complexity index is 335. The first-order valence-corrected chi connectivity index (χ1v) is 6.07. The summed E-state index contributed by atoms with van der Waals surface area (Å²) in [5.41, 5.74) is 1.03. The van der Waals surface area contributed by atoms with Crippen LogP contribution in [0.1, 0.15) is 25.8 Å². The lowest BCUT2D eigenvalue weighted by molar-refractivity contribution is -0.152. The van der Waals surface area contributed by atoms with Gasteiger partial charge in [0.25, 0.3) is 0 Å². The van der Waals surface area contributed by atoms with Gasteiger partial charge in [0, 0.05) is 0 Å². The normalized spacial score (nSPS) is 14.1. The summed E-state index contributed by atoms with van der Waals surface area (Å²) in [4.78, 5) is 11.6. The number of carbonyl (C=O) groups is 1. The molecule has 0 bridgehead atoms. The second-order valence-corrected chi connectivity index (χ2v) is 4.02. The van der Waals surface area contributed by atoms with Crippen molar-refractivity contribution < 1.29 is 14.6 Å². The Morgan fingerprint density at radius 2 is 1.94 bits per heavy atom. The van der Waals surface area contributed by atoms with Crippen LogP contribution >= 0.6 is 0 Å². The zero-order chi connectivity index (χ0) is 12.7. The minimum absolute atomic E-state index is 0.307. The zero-order valence-electron chi connectivity index (χ0n) is 10.4. The number of ether oxygens (including phenoxy) is 1. The zero-order valence-corrected chi connectivity index (χ0v) is 10.4. The third-order valence-electron chi connectivity index (χ3n) is 2.78. The lowest BCUT2D eigenvalue weighted by Gasteiger charge is -2.19. The minimum atomic E-state index is -0.679. The molecular formula is C14H20O3. The number of benzene rings is 1. The third-order valence-corrected chi connectivity index (χ3v) is 2.78. The van der Waals surface area contributed by atoms with Crippen LogP contribution < -0.4 is 0 Å². The molecule has 0 saturated carbocycles. The number of aliphatic hydroxyl groups excluding tert-OH is 1. The Balaban J connectivity index is 2.60. The van der Waals surface area contributed by atoms with Crippen LogP contribution in [0.5, 0.6) is 0 Å². The molecular weight excluding hydrogens is 216 g/mol. The van der Waals surface area contributed by atoms with E-state index in [-0.39, 0.29) is 5.97 Å². The summed E-state index contributed by atoms with van der Waals surface area (Å²) < 4.78 is 4.95. The van der Waals surface area contributed by atoms with Crippen LogP contribution in [0.15, 0.2) is 30.3 Å². The summed E-state index contributed by atoms with van der Waals surface area (Å²) in [5.74, 6) is -0.742. The minimum Gasteiger partial charge on any atom is -0.466 e. The van der Waals surface area contributed by atoms with Crippen LogP contribution in [0.25, 0.3) is 0 Å². The summed E-state index contributed by atoms with van der Waals surface area (Å²) in [5, 5.41) is 10.1. The number of hydrogen-bond donors (Lipinski definition) is 1. The quantitative estimate of drug-likeness (QED) is 0.770. The maximum absolute atomic E-state index is 11.6. The summed E-state index contributed by atoms with van der Waals surface area (Å²) in [7, 11) is 0. The van der Waals surface area contributed by atoms with E-state index in [1.165, 1.54) is 0 Å². The molecule has 2 atom stereocenters. The molecule has 2 unspecified atom stereocenters. The van der Waals surface area contributed by atoms with Crippen molar-refractivity contribution in [2.75, 3.05) is 6.61 Å². The fourth-order valence-electron chi connectivity index (χ4n) is 1.84. The standard InChI is InChI=1S/C14H20O3/c1-3-12(14(16)17-4-2)13(15)10-11-8-6-5-7-9-11/h5-9,12-13,15H,3-4,10H2,1-2H3. The number of hydrogen-bond acceptors (Lipinski definition) is 3. The number of rotatable bonds is 6. The van der Waals surface area contributed by atoms with Crippen molar-refractivity contribution in [3.8, 4) is 0 Å². The molecule has 0 saturated heterocycles. The first-order chi connectivity index (χ1) is 8.19. The van der Waals surface area contributed by atoms with Gasteiger partial charge in [-0.3, -0.25) is 4.79 Å². The Morgan fingerprint density at radius 3 is 2.47 bits per heavy atom. The fraction of sp³-hybridized carbons (Fsp3) is 0.500. The smallest absolute Gasteiger partial charge is 0.311 e. The molecule has 94 valence electrons. The lowest BCUT2D eigenvalue weighted by Crippen LogP contribution is -2.31. The highest BCUT2D eigenvalue weighted by molar-refractivity contribution is 5.73. The van der Waals surface area contributed by atoms with Gasteiger partial charge < -0.3 is 9.84 Å². The Labute approximate surface area is 102 Å². The summed E-state index contributed by atoms with van der Waals surface area (Å²) >= 11 is 0. The van der Waals surface area contributed by atoms with Crippen LogP contribution in [-0.2, 0) is 16.0 Å². The highest BCUT2D eigenvalue weighted by atomic mass is 16.5. The summed E-state index contributed by atoms with van der Waals surface area (Å²) in [6.45, 7) is 4.01. The van der Waals surface area contributed by atoms with Gasteiger partial charge in [0.15, 0.2) is 0 Å². The third kappa shape index (κ3) is 4.19. The lowest BCUT2D eigenvalue weighted by atomic mass is 9.94. The van der Waals surface area contributed by atoms with E-state index < -0.39 is 12.0 Å². The molecule has 1 rings (SSSR count). The van der Waals surface area contributed by atoms with E-state index in [2.05, 4.69) is 0 Å². The molecule has 0 heterocycles. The first kappa shape index (κ1) is 13.7. The second kappa shape index (κ2) is 7.07. The van der Waals surface area contributed by atoms with Crippen molar-refractivity contribution >= 4 is 5.97 Å². The van der Waals surface area contributed by atoms with Gasteiger partial charge in [-0.25, -0.2) is 0 Å². The van der Waals surface area contributed by atoms with E-state index >= 15 is 0 Å². The largest absolute Gasteiger partial charge is 0.466 e. The monoisotopic (exact) mass is 236 g/mol. The van der Waals surface area contributed by atoms with E-state index in [1.54, 1.807) is 6.92 Å². The summed E-state index contributed by atoms with van der Waals surface area (Å²) in [6.07, 6.45) is 0.395. The molecule has 3 heteroatoms.